The maximum Gasteiger partial charge on any atom is 0.191 e. The van der Waals surface area contributed by atoms with Crippen molar-refractivity contribution < 1.29 is 4.74 Å². The number of aryl methyl sites for hydroxylation is 2. The third-order valence-electron chi connectivity index (χ3n) is 4.57. The lowest BCUT2D eigenvalue weighted by molar-refractivity contribution is 0.0953. The molecule has 1 unspecified atom stereocenters. The molecule has 0 aliphatic carbocycles. The minimum absolute atomic E-state index is 0.266. The number of hydrogen-bond donors (Lipinski definition) is 0. The fourth-order valence-electron chi connectivity index (χ4n) is 3.28. The molecule has 3 heterocycles. The third-order valence-corrected chi connectivity index (χ3v) is 6.47. The Kier molecular flexibility index (Phi) is 5.43. The van der Waals surface area contributed by atoms with Crippen molar-refractivity contribution in [2.45, 2.75) is 50.2 Å². The van der Waals surface area contributed by atoms with Crippen molar-refractivity contribution >= 4 is 23.1 Å². The SMILES string of the molecule is Cc1cccc(CSc2nnc(-c3csc(C)c3)n2CC2CCCO2)c1. The molecule has 1 saturated heterocycles. The van der Waals surface area contributed by atoms with Crippen molar-refractivity contribution in [1.29, 1.82) is 0 Å². The Morgan fingerprint density at radius 2 is 2.19 bits per heavy atom. The maximum absolute atomic E-state index is 5.87. The van der Waals surface area contributed by atoms with E-state index < -0.39 is 0 Å². The summed E-state index contributed by atoms with van der Waals surface area (Å²) in [4.78, 5) is 1.29. The average molecular weight is 386 g/mol. The Hall–Kier alpha value is -1.63. The summed E-state index contributed by atoms with van der Waals surface area (Å²) >= 11 is 3.50. The van der Waals surface area contributed by atoms with Crippen LogP contribution in [-0.4, -0.2) is 27.5 Å². The van der Waals surface area contributed by atoms with Crippen molar-refractivity contribution in [1.82, 2.24) is 14.8 Å². The van der Waals surface area contributed by atoms with Gasteiger partial charge in [0.05, 0.1) is 12.6 Å². The van der Waals surface area contributed by atoms with E-state index in [2.05, 4.69) is 64.3 Å². The number of aromatic nitrogens is 3. The summed E-state index contributed by atoms with van der Waals surface area (Å²) in [6.45, 7) is 5.95. The fourth-order valence-corrected chi connectivity index (χ4v) is 4.85. The van der Waals surface area contributed by atoms with Gasteiger partial charge in [0.15, 0.2) is 11.0 Å². The van der Waals surface area contributed by atoms with Crippen LogP contribution in [-0.2, 0) is 17.0 Å². The molecular formula is C20H23N3OS2. The summed E-state index contributed by atoms with van der Waals surface area (Å²) in [5.41, 5.74) is 3.76. The molecule has 0 amide bonds. The number of thioether (sulfide) groups is 1. The van der Waals surface area contributed by atoms with Crippen LogP contribution in [0.25, 0.3) is 11.4 Å². The molecule has 3 aromatic rings. The minimum atomic E-state index is 0.266. The topological polar surface area (TPSA) is 39.9 Å². The molecule has 0 radical (unpaired) electrons. The van der Waals surface area contributed by atoms with Crippen molar-refractivity contribution in [2.24, 2.45) is 0 Å². The molecule has 0 spiro atoms. The van der Waals surface area contributed by atoms with Gasteiger partial charge in [0.2, 0.25) is 0 Å². The van der Waals surface area contributed by atoms with Crippen LogP contribution in [0.15, 0.2) is 40.9 Å². The molecule has 2 aromatic heterocycles. The molecule has 1 aliphatic rings. The van der Waals surface area contributed by atoms with Crippen LogP contribution in [0.3, 0.4) is 0 Å². The van der Waals surface area contributed by atoms with Gasteiger partial charge in [-0.1, -0.05) is 41.6 Å². The van der Waals surface area contributed by atoms with Gasteiger partial charge in [-0.05, 0) is 38.3 Å². The monoisotopic (exact) mass is 385 g/mol. The van der Waals surface area contributed by atoms with Crippen molar-refractivity contribution in [3.8, 4) is 11.4 Å². The van der Waals surface area contributed by atoms with Crippen LogP contribution in [0, 0.1) is 13.8 Å². The highest BCUT2D eigenvalue weighted by Crippen LogP contribution is 2.30. The summed E-state index contributed by atoms with van der Waals surface area (Å²) in [6, 6.07) is 10.8. The van der Waals surface area contributed by atoms with Gasteiger partial charge < -0.3 is 4.74 Å². The first-order valence-corrected chi connectivity index (χ1v) is 10.8. The molecule has 0 bridgehead atoms. The highest BCUT2D eigenvalue weighted by atomic mass is 32.2. The molecule has 1 atom stereocenters. The lowest BCUT2D eigenvalue weighted by atomic mass is 10.2. The Morgan fingerprint density at radius 1 is 1.27 bits per heavy atom. The second-order valence-electron chi connectivity index (χ2n) is 6.78. The van der Waals surface area contributed by atoms with Gasteiger partial charge in [-0.3, -0.25) is 4.57 Å². The molecule has 1 fully saturated rings. The van der Waals surface area contributed by atoms with Gasteiger partial charge in [-0.25, -0.2) is 0 Å². The first-order valence-electron chi connectivity index (χ1n) is 8.98. The lowest BCUT2D eigenvalue weighted by Gasteiger charge is -2.14. The lowest BCUT2D eigenvalue weighted by Crippen LogP contribution is -2.16. The van der Waals surface area contributed by atoms with E-state index in [0.29, 0.717) is 0 Å². The zero-order valence-electron chi connectivity index (χ0n) is 15.1. The van der Waals surface area contributed by atoms with Gasteiger partial charge >= 0.3 is 0 Å². The Labute approximate surface area is 162 Å². The zero-order chi connectivity index (χ0) is 17.9. The largest absolute Gasteiger partial charge is 0.376 e. The van der Waals surface area contributed by atoms with E-state index in [0.717, 1.165) is 48.3 Å². The summed E-state index contributed by atoms with van der Waals surface area (Å²) in [7, 11) is 0. The second-order valence-corrected chi connectivity index (χ2v) is 8.83. The Balaban J connectivity index is 1.59. The summed E-state index contributed by atoms with van der Waals surface area (Å²) in [5.74, 6) is 1.85. The van der Waals surface area contributed by atoms with Gasteiger partial charge in [0.25, 0.3) is 0 Å². The number of hydrogen-bond acceptors (Lipinski definition) is 5. The van der Waals surface area contributed by atoms with Crippen LogP contribution < -0.4 is 0 Å². The van der Waals surface area contributed by atoms with Crippen LogP contribution >= 0.6 is 23.1 Å². The molecule has 4 nitrogen and oxygen atoms in total. The van der Waals surface area contributed by atoms with Gasteiger partial charge in [-0.15, -0.1) is 21.5 Å². The summed E-state index contributed by atoms with van der Waals surface area (Å²) in [6.07, 6.45) is 2.52. The molecule has 0 N–H and O–H groups in total. The molecule has 4 rings (SSSR count). The Morgan fingerprint density at radius 3 is 2.92 bits per heavy atom. The van der Waals surface area contributed by atoms with Crippen molar-refractivity contribution in [3.05, 3.63) is 51.7 Å². The van der Waals surface area contributed by atoms with Crippen LogP contribution in [0.1, 0.15) is 28.8 Å². The second kappa shape index (κ2) is 7.94. The zero-order valence-corrected chi connectivity index (χ0v) is 16.8. The number of ether oxygens (including phenoxy) is 1. The van der Waals surface area contributed by atoms with Crippen LogP contribution in [0.2, 0.25) is 0 Å². The van der Waals surface area contributed by atoms with E-state index >= 15 is 0 Å². The predicted molar refractivity (Wildman–Crippen MR) is 108 cm³/mol. The number of rotatable bonds is 6. The molecule has 1 aliphatic heterocycles. The van der Waals surface area contributed by atoms with E-state index in [9.17, 15) is 0 Å². The van der Waals surface area contributed by atoms with Gasteiger partial charge in [0, 0.05) is 28.2 Å². The maximum atomic E-state index is 5.87. The van der Waals surface area contributed by atoms with Crippen LogP contribution in [0.5, 0.6) is 0 Å². The average Bonchev–Trinajstić information content (AvgIpc) is 3.35. The van der Waals surface area contributed by atoms with Gasteiger partial charge in [-0.2, -0.15) is 0 Å². The molecule has 26 heavy (non-hydrogen) atoms. The first-order chi connectivity index (χ1) is 12.7. The quantitative estimate of drug-likeness (QED) is 0.554. The molecule has 0 saturated carbocycles. The van der Waals surface area contributed by atoms with E-state index in [1.54, 1.807) is 23.1 Å². The number of nitrogens with zero attached hydrogens (tertiary/aromatic N) is 3. The van der Waals surface area contributed by atoms with Crippen molar-refractivity contribution in [2.75, 3.05) is 6.61 Å². The van der Waals surface area contributed by atoms with Crippen molar-refractivity contribution in [3.63, 3.8) is 0 Å². The standard InChI is InChI=1S/C20H23N3OS2/c1-14-5-3-6-16(9-14)12-26-20-22-21-19(17-10-15(2)25-13-17)23(20)11-18-7-4-8-24-18/h3,5-6,9-10,13,18H,4,7-8,11-12H2,1-2H3. The van der Waals surface area contributed by atoms with E-state index in [-0.39, 0.29) is 6.10 Å². The highest BCUT2D eigenvalue weighted by molar-refractivity contribution is 7.98. The normalized spacial score (nSPS) is 17.1. The van der Waals surface area contributed by atoms with E-state index in [1.807, 2.05) is 0 Å². The molecular weight excluding hydrogens is 362 g/mol. The summed E-state index contributed by atoms with van der Waals surface area (Å²) < 4.78 is 8.12. The van der Waals surface area contributed by atoms with E-state index in [4.69, 9.17) is 4.74 Å². The Bertz CT molecular complexity index is 881. The number of thiophene rings is 1. The predicted octanol–water partition coefficient (Wildman–Crippen LogP) is 5.09. The molecule has 136 valence electrons. The van der Waals surface area contributed by atoms with Gasteiger partial charge in [0.1, 0.15) is 0 Å². The summed E-state index contributed by atoms with van der Waals surface area (Å²) in [5, 5.41) is 12.2. The third kappa shape index (κ3) is 4.03. The smallest absolute Gasteiger partial charge is 0.191 e. The minimum Gasteiger partial charge on any atom is -0.376 e. The molecule has 6 heteroatoms. The first kappa shape index (κ1) is 17.8. The van der Waals surface area contributed by atoms with E-state index in [1.165, 1.54) is 16.0 Å². The van der Waals surface area contributed by atoms with Crippen LogP contribution in [0.4, 0.5) is 0 Å². The molecule has 1 aromatic carbocycles. The number of benzene rings is 1. The highest BCUT2D eigenvalue weighted by Gasteiger charge is 2.22. The fraction of sp³-hybridized carbons (Fsp3) is 0.400.